The molecular formula is C13H20N2OS. The number of thioether (sulfide) groups is 1. The van der Waals surface area contributed by atoms with E-state index in [0.717, 1.165) is 17.9 Å². The molecule has 0 unspecified atom stereocenters. The molecule has 1 fully saturated rings. The zero-order valence-corrected chi connectivity index (χ0v) is 11.1. The van der Waals surface area contributed by atoms with E-state index < -0.39 is 0 Å². The smallest absolute Gasteiger partial charge is 0.123 e. The second kappa shape index (κ2) is 6.28. The van der Waals surface area contributed by atoms with Crippen LogP contribution in [0.5, 0.6) is 5.75 Å². The molecule has 0 aliphatic carbocycles. The zero-order chi connectivity index (χ0) is 12.1. The molecule has 0 bridgehead atoms. The van der Waals surface area contributed by atoms with Crippen molar-refractivity contribution in [3.8, 4) is 5.75 Å². The SMILES string of the molecule is COc1ccc(CN2CCSCC2)cc1CN. The Labute approximate surface area is 107 Å². The number of hydrogen-bond acceptors (Lipinski definition) is 4. The second-order valence-corrected chi connectivity index (χ2v) is 5.46. The Bertz CT molecular complexity index is 364. The number of benzene rings is 1. The minimum Gasteiger partial charge on any atom is -0.496 e. The van der Waals surface area contributed by atoms with Crippen molar-refractivity contribution in [3.05, 3.63) is 29.3 Å². The van der Waals surface area contributed by atoms with Gasteiger partial charge in [0, 0.05) is 43.2 Å². The summed E-state index contributed by atoms with van der Waals surface area (Å²) in [4.78, 5) is 2.50. The second-order valence-electron chi connectivity index (χ2n) is 4.24. The van der Waals surface area contributed by atoms with Gasteiger partial charge in [-0.2, -0.15) is 11.8 Å². The third-order valence-corrected chi connectivity index (χ3v) is 4.02. The lowest BCUT2D eigenvalue weighted by Gasteiger charge is -2.26. The highest BCUT2D eigenvalue weighted by Crippen LogP contribution is 2.21. The van der Waals surface area contributed by atoms with Crippen molar-refractivity contribution < 1.29 is 4.74 Å². The maximum absolute atomic E-state index is 5.73. The number of nitrogens with zero attached hydrogens (tertiary/aromatic N) is 1. The Balaban J connectivity index is 2.05. The van der Waals surface area contributed by atoms with Crippen molar-refractivity contribution in [2.24, 2.45) is 5.73 Å². The Hall–Kier alpha value is -0.710. The quantitative estimate of drug-likeness (QED) is 0.885. The van der Waals surface area contributed by atoms with Gasteiger partial charge in [0.05, 0.1) is 7.11 Å². The van der Waals surface area contributed by atoms with Crippen molar-refractivity contribution >= 4 is 11.8 Å². The summed E-state index contributed by atoms with van der Waals surface area (Å²) in [5, 5.41) is 0. The molecule has 0 spiro atoms. The van der Waals surface area contributed by atoms with E-state index in [2.05, 4.69) is 17.0 Å². The number of rotatable bonds is 4. The van der Waals surface area contributed by atoms with E-state index in [0.29, 0.717) is 6.54 Å². The molecule has 17 heavy (non-hydrogen) atoms. The molecule has 3 nitrogen and oxygen atoms in total. The largest absolute Gasteiger partial charge is 0.496 e. The van der Waals surface area contributed by atoms with Gasteiger partial charge in [-0.05, 0) is 17.7 Å². The Morgan fingerprint density at radius 3 is 2.76 bits per heavy atom. The molecule has 0 radical (unpaired) electrons. The molecule has 0 saturated carbocycles. The van der Waals surface area contributed by atoms with Crippen LogP contribution >= 0.6 is 11.8 Å². The molecule has 2 rings (SSSR count). The van der Waals surface area contributed by atoms with Gasteiger partial charge in [-0.1, -0.05) is 6.07 Å². The van der Waals surface area contributed by atoms with Gasteiger partial charge in [0.25, 0.3) is 0 Å². The first-order valence-corrected chi connectivity index (χ1v) is 7.15. The van der Waals surface area contributed by atoms with Crippen molar-refractivity contribution in [2.45, 2.75) is 13.1 Å². The van der Waals surface area contributed by atoms with Gasteiger partial charge in [-0.3, -0.25) is 4.90 Å². The summed E-state index contributed by atoms with van der Waals surface area (Å²) in [7, 11) is 1.69. The highest BCUT2D eigenvalue weighted by atomic mass is 32.2. The molecule has 0 aromatic heterocycles. The van der Waals surface area contributed by atoms with Gasteiger partial charge < -0.3 is 10.5 Å². The maximum atomic E-state index is 5.73. The lowest BCUT2D eigenvalue weighted by Crippen LogP contribution is -2.31. The molecule has 1 aromatic rings. The summed E-state index contributed by atoms with van der Waals surface area (Å²) in [5.41, 5.74) is 8.16. The van der Waals surface area contributed by atoms with Crippen molar-refractivity contribution in [1.29, 1.82) is 0 Å². The van der Waals surface area contributed by atoms with Crippen molar-refractivity contribution in [3.63, 3.8) is 0 Å². The fraction of sp³-hybridized carbons (Fsp3) is 0.538. The highest BCUT2D eigenvalue weighted by Gasteiger charge is 2.11. The summed E-state index contributed by atoms with van der Waals surface area (Å²) < 4.78 is 5.28. The van der Waals surface area contributed by atoms with Gasteiger partial charge in [-0.25, -0.2) is 0 Å². The lowest BCUT2D eigenvalue weighted by molar-refractivity contribution is 0.294. The van der Waals surface area contributed by atoms with Crippen LogP contribution in [0, 0.1) is 0 Å². The predicted octanol–water partition coefficient (Wildman–Crippen LogP) is 1.70. The number of methoxy groups -OCH3 is 1. The van der Waals surface area contributed by atoms with Crippen LogP contribution in [0.2, 0.25) is 0 Å². The predicted molar refractivity (Wildman–Crippen MR) is 73.5 cm³/mol. The number of ether oxygens (including phenoxy) is 1. The lowest BCUT2D eigenvalue weighted by atomic mass is 10.1. The molecule has 2 N–H and O–H groups in total. The van der Waals surface area contributed by atoms with Gasteiger partial charge >= 0.3 is 0 Å². The van der Waals surface area contributed by atoms with E-state index in [1.54, 1.807) is 7.11 Å². The highest BCUT2D eigenvalue weighted by molar-refractivity contribution is 7.99. The maximum Gasteiger partial charge on any atom is 0.123 e. The first-order valence-electron chi connectivity index (χ1n) is 5.99. The molecule has 1 aliphatic rings. The Morgan fingerprint density at radius 2 is 2.12 bits per heavy atom. The Morgan fingerprint density at radius 1 is 1.35 bits per heavy atom. The monoisotopic (exact) mass is 252 g/mol. The first-order chi connectivity index (χ1) is 8.33. The van der Waals surface area contributed by atoms with Crippen LogP contribution in [0.4, 0.5) is 0 Å². The van der Waals surface area contributed by atoms with Gasteiger partial charge in [0.15, 0.2) is 0 Å². The van der Waals surface area contributed by atoms with Gasteiger partial charge in [0.1, 0.15) is 5.75 Å². The summed E-state index contributed by atoms with van der Waals surface area (Å²) >= 11 is 2.04. The van der Waals surface area contributed by atoms with E-state index in [9.17, 15) is 0 Å². The molecule has 1 aromatic carbocycles. The standard InChI is InChI=1S/C13H20N2OS/c1-16-13-3-2-11(8-12(13)9-14)10-15-4-6-17-7-5-15/h2-3,8H,4-7,9-10,14H2,1H3. The zero-order valence-electron chi connectivity index (χ0n) is 10.3. The summed E-state index contributed by atoms with van der Waals surface area (Å²) in [6.07, 6.45) is 0. The molecule has 0 atom stereocenters. The van der Waals surface area contributed by atoms with E-state index >= 15 is 0 Å². The van der Waals surface area contributed by atoms with Crippen LogP contribution in [0.15, 0.2) is 18.2 Å². The average molecular weight is 252 g/mol. The number of nitrogens with two attached hydrogens (primary N) is 1. The third kappa shape index (κ3) is 3.37. The molecule has 0 amide bonds. The van der Waals surface area contributed by atoms with Crippen LogP contribution in [0.1, 0.15) is 11.1 Å². The molecule has 94 valence electrons. The molecular weight excluding hydrogens is 232 g/mol. The summed E-state index contributed by atoms with van der Waals surface area (Å²) in [6, 6.07) is 6.33. The van der Waals surface area contributed by atoms with Crippen LogP contribution in [-0.2, 0) is 13.1 Å². The number of hydrogen-bond donors (Lipinski definition) is 1. The molecule has 1 saturated heterocycles. The van der Waals surface area contributed by atoms with Crippen LogP contribution in [0.3, 0.4) is 0 Å². The van der Waals surface area contributed by atoms with Crippen molar-refractivity contribution in [1.82, 2.24) is 4.90 Å². The topological polar surface area (TPSA) is 38.5 Å². The first kappa shape index (κ1) is 12.7. The van der Waals surface area contributed by atoms with Crippen LogP contribution in [-0.4, -0.2) is 36.6 Å². The molecule has 1 aliphatic heterocycles. The van der Waals surface area contributed by atoms with Crippen LogP contribution in [0.25, 0.3) is 0 Å². The van der Waals surface area contributed by atoms with E-state index in [-0.39, 0.29) is 0 Å². The minimum absolute atomic E-state index is 0.535. The third-order valence-electron chi connectivity index (χ3n) is 3.07. The summed E-state index contributed by atoms with van der Waals surface area (Å²) in [6.45, 7) is 3.94. The fourth-order valence-corrected chi connectivity index (χ4v) is 3.09. The summed E-state index contributed by atoms with van der Waals surface area (Å²) in [5.74, 6) is 3.39. The van der Waals surface area contributed by atoms with E-state index in [1.165, 1.54) is 30.2 Å². The van der Waals surface area contributed by atoms with Gasteiger partial charge in [0.2, 0.25) is 0 Å². The van der Waals surface area contributed by atoms with E-state index in [1.807, 2.05) is 17.8 Å². The minimum atomic E-state index is 0.535. The molecule has 1 heterocycles. The Kier molecular flexibility index (Phi) is 4.71. The van der Waals surface area contributed by atoms with Gasteiger partial charge in [-0.15, -0.1) is 0 Å². The molecule has 4 heteroatoms. The normalized spacial score (nSPS) is 17.1. The van der Waals surface area contributed by atoms with Crippen molar-refractivity contribution in [2.75, 3.05) is 31.7 Å². The average Bonchev–Trinajstić information content (AvgIpc) is 2.40. The fourth-order valence-electron chi connectivity index (χ4n) is 2.11. The van der Waals surface area contributed by atoms with Crippen LogP contribution < -0.4 is 10.5 Å². The van der Waals surface area contributed by atoms with E-state index in [4.69, 9.17) is 10.5 Å².